The first kappa shape index (κ1) is 22.6. The van der Waals surface area contributed by atoms with Gasteiger partial charge in [0.15, 0.2) is 5.82 Å². The molecule has 7 aromatic rings. The Labute approximate surface area is 232 Å². The standard InChI is InChI=1S/C37H23N3/c1-2-9-24(10-3-1)34-22-35(40-37(39-34)26-12-6-11-25(21-26)27-13-8-20-38-23-27)30-18-19-33-29-15-5-4-14-28(29)31-16-7-17-32(30)36(31)33/h1-23H. The molecule has 0 bridgehead atoms. The summed E-state index contributed by atoms with van der Waals surface area (Å²) in [6.07, 6.45) is 3.68. The molecule has 2 aromatic heterocycles. The van der Waals surface area contributed by atoms with Crippen molar-refractivity contribution in [2.75, 3.05) is 0 Å². The predicted molar refractivity (Wildman–Crippen MR) is 164 cm³/mol. The maximum atomic E-state index is 5.19. The number of benzene rings is 5. The van der Waals surface area contributed by atoms with E-state index in [1.54, 1.807) is 6.20 Å². The van der Waals surface area contributed by atoms with Crippen LogP contribution >= 0.6 is 0 Å². The van der Waals surface area contributed by atoms with Gasteiger partial charge < -0.3 is 0 Å². The highest BCUT2D eigenvalue weighted by atomic mass is 14.9. The van der Waals surface area contributed by atoms with E-state index in [1.807, 2.05) is 18.3 Å². The third-order valence-corrected chi connectivity index (χ3v) is 7.74. The van der Waals surface area contributed by atoms with Crippen molar-refractivity contribution >= 4 is 10.8 Å². The Bertz CT molecular complexity index is 2020. The minimum Gasteiger partial charge on any atom is -0.264 e. The van der Waals surface area contributed by atoms with Crippen molar-refractivity contribution in [3.63, 3.8) is 0 Å². The van der Waals surface area contributed by atoms with Crippen LogP contribution in [0.1, 0.15) is 0 Å². The average Bonchev–Trinajstić information content (AvgIpc) is 3.37. The predicted octanol–water partition coefficient (Wildman–Crippen LogP) is 9.34. The van der Waals surface area contributed by atoms with E-state index in [2.05, 4.69) is 120 Å². The van der Waals surface area contributed by atoms with Gasteiger partial charge in [-0.1, -0.05) is 109 Å². The SMILES string of the molecule is c1ccc(-c2cc(-c3ccc4c5c(cccc35)-c3ccccc3-4)nc(-c3cccc(-c4cccnc4)c3)n2)cc1. The summed E-state index contributed by atoms with van der Waals surface area (Å²) in [5.41, 5.74) is 12.3. The molecule has 2 heterocycles. The molecule has 3 heteroatoms. The van der Waals surface area contributed by atoms with Crippen LogP contribution in [0, 0.1) is 0 Å². The van der Waals surface area contributed by atoms with Gasteiger partial charge in [0.25, 0.3) is 0 Å². The Morgan fingerprint density at radius 2 is 1.05 bits per heavy atom. The molecule has 0 saturated heterocycles. The largest absolute Gasteiger partial charge is 0.264 e. The first-order chi connectivity index (χ1) is 19.8. The summed E-state index contributed by atoms with van der Waals surface area (Å²) in [4.78, 5) is 14.6. The van der Waals surface area contributed by atoms with Crippen molar-refractivity contribution in [1.29, 1.82) is 0 Å². The van der Waals surface area contributed by atoms with Crippen LogP contribution in [0.3, 0.4) is 0 Å². The number of fused-ring (bicyclic) bond motifs is 3. The van der Waals surface area contributed by atoms with Crippen molar-refractivity contribution in [2.45, 2.75) is 0 Å². The van der Waals surface area contributed by atoms with Gasteiger partial charge in [-0.3, -0.25) is 4.98 Å². The molecule has 0 fully saturated rings. The highest BCUT2D eigenvalue weighted by molar-refractivity contribution is 6.18. The Morgan fingerprint density at radius 1 is 0.400 bits per heavy atom. The molecule has 40 heavy (non-hydrogen) atoms. The lowest BCUT2D eigenvalue weighted by Gasteiger charge is -2.13. The number of hydrogen-bond donors (Lipinski definition) is 0. The second-order valence-electron chi connectivity index (χ2n) is 10.1. The highest BCUT2D eigenvalue weighted by Gasteiger charge is 2.23. The maximum Gasteiger partial charge on any atom is 0.160 e. The molecule has 1 aliphatic rings. The van der Waals surface area contributed by atoms with E-state index in [-0.39, 0.29) is 0 Å². The van der Waals surface area contributed by atoms with Gasteiger partial charge >= 0.3 is 0 Å². The second-order valence-corrected chi connectivity index (χ2v) is 10.1. The van der Waals surface area contributed by atoms with Crippen molar-refractivity contribution in [3.05, 3.63) is 140 Å². The van der Waals surface area contributed by atoms with Gasteiger partial charge in [0.2, 0.25) is 0 Å². The monoisotopic (exact) mass is 509 g/mol. The van der Waals surface area contributed by atoms with Gasteiger partial charge in [-0.15, -0.1) is 0 Å². The van der Waals surface area contributed by atoms with Gasteiger partial charge in [0.1, 0.15) is 0 Å². The smallest absolute Gasteiger partial charge is 0.160 e. The zero-order valence-corrected chi connectivity index (χ0v) is 21.6. The molecule has 0 spiro atoms. The molecule has 5 aromatic carbocycles. The van der Waals surface area contributed by atoms with Crippen LogP contribution in [0.2, 0.25) is 0 Å². The molecular formula is C37H23N3. The molecule has 1 aliphatic carbocycles. The molecule has 0 radical (unpaired) electrons. The van der Waals surface area contributed by atoms with Crippen LogP contribution in [0.5, 0.6) is 0 Å². The van der Waals surface area contributed by atoms with Gasteiger partial charge in [-0.05, 0) is 56.8 Å². The molecule has 0 N–H and O–H groups in total. The van der Waals surface area contributed by atoms with Crippen LogP contribution < -0.4 is 0 Å². The van der Waals surface area contributed by atoms with Crippen molar-refractivity contribution in [3.8, 4) is 67.3 Å². The topological polar surface area (TPSA) is 38.7 Å². The lowest BCUT2D eigenvalue weighted by atomic mass is 9.96. The Balaban J connectivity index is 1.35. The minimum absolute atomic E-state index is 0.702. The minimum atomic E-state index is 0.702. The summed E-state index contributed by atoms with van der Waals surface area (Å²) in [6.45, 7) is 0. The van der Waals surface area contributed by atoms with E-state index in [9.17, 15) is 0 Å². The van der Waals surface area contributed by atoms with Gasteiger partial charge in [-0.25, -0.2) is 9.97 Å². The van der Waals surface area contributed by atoms with Gasteiger partial charge in [0, 0.05) is 34.6 Å². The number of aromatic nitrogens is 3. The molecular weight excluding hydrogens is 486 g/mol. The lowest BCUT2D eigenvalue weighted by molar-refractivity contribution is 1.18. The summed E-state index contributed by atoms with van der Waals surface area (Å²) >= 11 is 0. The molecule has 0 unspecified atom stereocenters. The number of nitrogens with zero attached hydrogens (tertiary/aromatic N) is 3. The van der Waals surface area contributed by atoms with Crippen LogP contribution in [-0.2, 0) is 0 Å². The zero-order chi connectivity index (χ0) is 26.5. The summed E-state index contributed by atoms with van der Waals surface area (Å²) in [7, 11) is 0. The molecule has 0 atom stereocenters. The molecule has 8 rings (SSSR count). The lowest BCUT2D eigenvalue weighted by Crippen LogP contribution is -1.97. The molecule has 186 valence electrons. The molecule has 0 aliphatic heterocycles. The van der Waals surface area contributed by atoms with E-state index < -0.39 is 0 Å². The highest BCUT2D eigenvalue weighted by Crippen LogP contribution is 2.49. The zero-order valence-electron chi connectivity index (χ0n) is 21.6. The van der Waals surface area contributed by atoms with Crippen molar-refractivity contribution in [2.24, 2.45) is 0 Å². The Morgan fingerprint density at radius 3 is 1.88 bits per heavy atom. The van der Waals surface area contributed by atoms with E-state index in [1.165, 1.54) is 33.0 Å². The van der Waals surface area contributed by atoms with E-state index in [0.29, 0.717) is 5.82 Å². The van der Waals surface area contributed by atoms with Crippen molar-refractivity contribution < 1.29 is 0 Å². The molecule has 3 nitrogen and oxygen atoms in total. The number of rotatable bonds is 4. The van der Waals surface area contributed by atoms with Crippen LogP contribution in [0.15, 0.2) is 140 Å². The van der Waals surface area contributed by atoms with E-state index >= 15 is 0 Å². The number of pyridine rings is 1. The molecule has 0 saturated carbocycles. The Kier molecular flexibility index (Phi) is 5.14. The van der Waals surface area contributed by atoms with E-state index in [4.69, 9.17) is 9.97 Å². The van der Waals surface area contributed by atoms with Crippen molar-refractivity contribution in [1.82, 2.24) is 15.0 Å². The third kappa shape index (κ3) is 3.63. The van der Waals surface area contributed by atoms with Gasteiger partial charge in [-0.2, -0.15) is 0 Å². The van der Waals surface area contributed by atoms with Crippen LogP contribution in [0.25, 0.3) is 78.1 Å². The maximum absolute atomic E-state index is 5.19. The fourth-order valence-electron chi connectivity index (χ4n) is 5.87. The fourth-order valence-corrected chi connectivity index (χ4v) is 5.87. The summed E-state index contributed by atoms with van der Waals surface area (Å²) in [5, 5.41) is 2.50. The summed E-state index contributed by atoms with van der Waals surface area (Å²) < 4.78 is 0. The van der Waals surface area contributed by atoms with E-state index in [0.717, 1.165) is 39.2 Å². The first-order valence-electron chi connectivity index (χ1n) is 13.4. The van der Waals surface area contributed by atoms with Crippen LogP contribution in [0.4, 0.5) is 0 Å². The summed E-state index contributed by atoms with van der Waals surface area (Å²) in [5.74, 6) is 0.702. The molecule has 0 amide bonds. The third-order valence-electron chi connectivity index (χ3n) is 7.74. The number of hydrogen-bond acceptors (Lipinski definition) is 3. The second kappa shape index (κ2) is 9.11. The quantitative estimate of drug-likeness (QED) is 0.237. The first-order valence-corrected chi connectivity index (χ1v) is 13.4. The summed E-state index contributed by atoms with van der Waals surface area (Å²) in [6, 6.07) is 44.6. The fraction of sp³-hybridized carbons (Fsp3) is 0. The normalized spacial score (nSPS) is 11.5. The van der Waals surface area contributed by atoms with Crippen LogP contribution in [-0.4, -0.2) is 15.0 Å². The Hall–Kier alpha value is -5.41. The van der Waals surface area contributed by atoms with Gasteiger partial charge in [0.05, 0.1) is 11.4 Å². The average molecular weight is 510 g/mol.